The quantitative estimate of drug-likeness (QED) is 0.554. The van der Waals surface area contributed by atoms with Crippen LogP contribution in [0.15, 0.2) is 24.5 Å². The summed E-state index contributed by atoms with van der Waals surface area (Å²) < 4.78 is 5.23. The van der Waals surface area contributed by atoms with Crippen molar-refractivity contribution in [1.82, 2.24) is 9.88 Å². The van der Waals surface area contributed by atoms with Crippen LogP contribution in [0.25, 0.3) is 0 Å². The van der Waals surface area contributed by atoms with Crippen LogP contribution in [0.5, 0.6) is 0 Å². The Labute approximate surface area is 136 Å². The number of pyridine rings is 1. The SMILES string of the molecule is O=C(OCCSI)N1CCC(Cc2ccncc2)CC1. The molecular weight excluding hydrogens is 387 g/mol. The first kappa shape index (κ1) is 15.9. The van der Waals surface area contributed by atoms with Crippen molar-refractivity contribution in [3.8, 4) is 0 Å². The van der Waals surface area contributed by atoms with Gasteiger partial charge in [0.25, 0.3) is 0 Å². The standard InChI is InChI=1S/C14H19IN2O2S/c15-20-10-9-19-14(18)17-7-3-13(4-8-17)11-12-1-5-16-6-2-12/h1-2,5-6,13H,3-4,7-11H2. The van der Waals surface area contributed by atoms with Crippen LogP contribution < -0.4 is 0 Å². The smallest absolute Gasteiger partial charge is 0.409 e. The molecule has 1 aliphatic rings. The van der Waals surface area contributed by atoms with E-state index in [2.05, 4.69) is 38.3 Å². The number of aromatic nitrogens is 1. The fourth-order valence-electron chi connectivity index (χ4n) is 2.42. The van der Waals surface area contributed by atoms with Crippen molar-refractivity contribution in [3.63, 3.8) is 0 Å². The van der Waals surface area contributed by atoms with Crippen LogP contribution in [0.4, 0.5) is 4.79 Å². The van der Waals surface area contributed by atoms with E-state index in [0.717, 1.165) is 38.1 Å². The van der Waals surface area contributed by atoms with E-state index in [0.29, 0.717) is 12.5 Å². The Kier molecular flexibility index (Phi) is 6.92. The molecule has 1 aromatic rings. The zero-order valence-corrected chi connectivity index (χ0v) is 14.3. The van der Waals surface area contributed by atoms with E-state index < -0.39 is 0 Å². The molecule has 0 unspecified atom stereocenters. The molecular formula is C14H19IN2O2S. The molecule has 0 aliphatic carbocycles. The van der Waals surface area contributed by atoms with Crippen LogP contribution in [0.3, 0.4) is 0 Å². The van der Waals surface area contributed by atoms with Crippen LogP contribution in [0.2, 0.25) is 0 Å². The molecule has 110 valence electrons. The highest BCUT2D eigenvalue weighted by Gasteiger charge is 2.23. The fraction of sp³-hybridized carbons (Fsp3) is 0.571. The van der Waals surface area contributed by atoms with Gasteiger partial charge < -0.3 is 9.64 Å². The highest BCUT2D eigenvalue weighted by Crippen LogP contribution is 2.22. The van der Waals surface area contributed by atoms with Crippen molar-refractivity contribution in [1.29, 1.82) is 0 Å². The van der Waals surface area contributed by atoms with Crippen molar-refractivity contribution in [2.45, 2.75) is 19.3 Å². The molecule has 1 fully saturated rings. The molecule has 1 saturated heterocycles. The predicted molar refractivity (Wildman–Crippen MR) is 90.1 cm³/mol. The van der Waals surface area contributed by atoms with Crippen molar-refractivity contribution >= 4 is 36.2 Å². The lowest BCUT2D eigenvalue weighted by molar-refractivity contribution is 0.0926. The molecule has 20 heavy (non-hydrogen) atoms. The summed E-state index contributed by atoms with van der Waals surface area (Å²) in [4.78, 5) is 17.7. The number of likely N-dealkylation sites (tertiary alicyclic amines) is 1. The molecule has 1 aromatic heterocycles. The number of hydrogen-bond donors (Lipinski definition) is 0. The van der Waals surface area contributed by atoms with E-state index in [4.69, 9.17) is 4.74 Å². The van der Waals surface area contributed by atoms with Gasteiger partial charge in [0, 0.05) is 31.2 Å². The van der Waals surface area contributed by atoms with Crippen LogP contribution in [0.1, 0.15) is 18.4 Å². The molecule has 6 heteroatoms. The molecule has 0 N–H and O–H groups in total. The molecule has 4 nitrogen and oxygen atoms in total. The van der Waals surface area contributed by atoms with Gasteiger partial charge in [0.1, 0.15) is 6.61 Å². The second kappa shape index (κ2) is 8.71. The Morgan fingerprint density at radius 1 is 1.40 bits per heavy atom. The molecule has 2 heterocycles. The van der Waals surface area contributed by atoms with Gasteiger partial charge in [-0.25, -0.2) is 4.79 Å². The zero-order valence-electron chi connectivity index (χ0n) is 11.3. The minimum Gasteiger partial charge on any atom is -0.449 e. The minimum absolute atomic E-state index is 0.155. The number of halogens is 1. The van der Waals surface area contributed by atoms with E-state index in [1.54, 1.807) is 8.93 Å². The number of piperidine rings is 1. The second-order valence-electron chi connectivity index (χ2n) is 4.92. The number of ether oxygens (including phenoxy) is 1. The average molecular weight is 406 g/mol. The first-order chi connectivity index (χ1) is 9.79. The fourth-order valence-corrected chi connectivity index (χ4v) is 3.11. The second-order valence-corrected chi connectivity index (χ2v) is 7.41. The van der Waals surface area contributed by atoms with Gasteiger partial charge in [0.15, 0.2) is 0 Å². The largest absolute Gasteiger partial charge is 0.449 e. The number of nitrogens with zero attached hydrogens (tertiary/aromatic N) is 2. The number of rotatable bonds is 5. The zero-order chi connectivity index (χ0) is 14.2. The van der Waals surface area contributed by atoms with Crippen LogP contribution in [0, 0.1) is 5.92 Å². The maximum absolute atomic E-state index is 11.8. The lowest BCUT2D eigenvalue weighted by Crippen LogP contribution is -2.39. The molecule has 0 radical (unpaired) electrons. The predicted octanol–water partition coefficient (Wildman–Crippen LogP) is 3.56. The van der Waals surface area contributed by atoms with Gasteiger partial charge in [-0.15, -0.1) is 0 Å². The molecule has 0 bridgehead atoms. The van der Waals surface area contributed by atoms with E-state index >= 15 is 0 Å². The molecule has 1 aliphatic heterocycles. The van der Waals surface area contributed by atoms with Gasteiger partial charge in [-0.05, 0) is 64.1 Å². The number of hydrogen-bond acceptors (Lipinski definition) is 4. The number of amides is 1. The summed E-state index contributed by atoms with van der Waals surface area (Å²) in [5.74, 6) is 1.51. The van der Waals surface area contributed by atoms with Gasteiger partial charge in [-0.2, -0.15) is 0 Å². The maximum atomic E-state index is 11.8. The van der Waals surface area contributed by atoms with Crippen LogP contribution in [-0.4, -0.2) is 41.4 Å². The summed E-state index contributed by atoms with van der Waals surface area (Å²) >= 11 is 2.21. The van der Waals surface area contributed by atoms with Gasteiger partial charge in [0.05, 0.1) is 0 Å². The van der Waals surface area contributed by atoms with Crippen molar-refractivity contribution in [2.24, 2.45) is 5.92 Å². The normalized spacial score (nSPS) is 16.1. The molecule has 0 spiro atoms. The van der Waals surface area contributed by atoms with Gasteiger partial charge >= 0.3 is 6.09 Å². The Balaban J connectivity index is 1.71. The third-order valence-electron chi connectivity index (χ3n) is 3.53. The van der Waals surface area contributed by atoms with E-state index in [-0.39, 0.29) is 6.09 Å². The molecule has 1 amide bonds. The number of carbonyl (C=O) groups excluding carboxylic acids is 1. The minimum atomic E-state index is -0.155. The Morgan fingerprint density at radius 2 is 2.10 bits per heavy atom. The first-order valence-corrected chi connectivity index (χ1v) is 10.4. The molecule has 2 rings (SSSR count). The van der Waals surface area contributed by atoms with Gasteiger partial charge in [-0.1, -0.05) is 8.93 Å². The van der Waals surface area contributed by atoms with Crippen LogP contribution in [-0.2, 0) is 11.2 Å². The lowest BCUT2D eigenvalue weighted by Gasteiger charge is -2.31. The topological polar surface area (TPSA) is 42.4 Å². The first-order valence-electron chi connectivity index (χ1n) is 6.83. The van der Waals surface area contributed by atoms with Gasteiger partial charge in [-0.3, -0.25) is 4.98 Å². The maximum Gasteiger partial charge on any atom is 0.409 e. The summed E-state index contributed by atoms with van der Waals surface area (Å²) in [5, 5.41) is 0. The van der Waals surface area contributed by atoms with Crippen LogP contribution >= 0.6 is 30.1 Å². The average Bonchev–Trinajstić information content (AvgIpc) is 2.49. The Bertz CT molecular complexity index is 411. The Morgan fingerprint density at radius 3 is 2.75 bits per heavy atom. The summed E-state index contributed by atoms with van der Waals surface area (Å²) in [6, 6.07) is 4.14. The summed E-state index contributed by atoms with van der Waals surface area (Å²) in [6.07, 6.45) is 6.71. The highest BCUT2D eigenvalue weighted by atomic mass is 127. The van der Waals surface area contributed by atoms with Crippen molar-refractivity contribution in [3.05, 3.63) is 30.1 Å². The summed E-state index contributed by atoms with van der Waals surface area (Å²) in [6.45, 7) is 2.13. The van der Waals surface area contributed by atoms with Crippen molar-refractivity contribution < 1.29 is 9.53 Å². The van der Waals surface area contributed by atoms with E-state index in [9.17, 15) is 4.79 Å². The molecule has 0 aromatic carbocycles. The lowest BCUT2D eigenvalue weighted by atomic mass is 9.91. The van der Waals surface area contributed by atoms with E-state index in [1.165, 1.54) is 5.56 Å². The third kappa shape index (κ3) is 5.12. The van der Waals surface area contributed by atoms with E-state index in [1.807, 2.05) is 17.3 Å². The summed E-state index contributed by atoms with van der Waals surface area (Å²) in [7, 11) is 1.66. The monoisotopic (exact) mass is 406 g/mol. The Hall–Kier alpha value is -0.500. The van der Waals surface area contributed by atoms with Gasteiger partial charge in [0.2, 0.25) is 0 Å². The number of carbonyl (C=O) groups is 1. The van der Waals surface area contributed by atoms with Crippen molar-refractivity contribution in [2.75, 3.05) is 25.4 Å². The molecule has 0 saturated carbocycles. The summed E-state index contributed by atoms with van der Waals surface area (Å²) in [5.41, 5.74) is 1.33. The third-order valence-corrected chi connectivity index (χ3v) is 5.17. The highest BCUT2D eigenvalue weighted by molar-refractivity contribution is 14.2. The molecule has 0 atom stereocenters.